The van der Waals surface area contributed by atoms with Crippen molar-refractivity contribution in [1.82, 2.24) is 0 Å². The van der Waals surface area contributed by atoms with E-state index in [9.17, 15) is 4.79 Å². The van der Waals surface area contributed by atoms with Gasteiger partial charge in [0, 0.05) is 11.4 Å². The molecule has 1 amide bonds. The van der Waals surface area contributed by atoms with Gasteiger partial charge in [0.1, 0.15) is 12.4 Å². The molecule has 114 valence electrons. The molecule has 3 nitrogen and oxygen atoms in total. The normalized spacial score (nSPS) is 10.0. The van der Waals surface area contributed by atoms with Crippen LogP contribution in [0.4, 0.5) is 5.69 Å². The quantitative estimate of drug-likeness (QED) is 0.588. The highest BCUT2D eigenvalue weighted by atomic mass is 32.2. The summed E-state index contributed by atoms with van der Waals surface area (Å²) in [5.41, 5.74) is 1.90. The van der Waals surface area contributed by atoms with Crippen molar-refractivity contribution in [3.8, 4) is 5.75 Å². The first-order valence-electron chi connectivity index (χ1n) is 7.03. The van der Waals surface area contributed by atoms with E-state index < -0.39 is 0 Å². The van der Waals surface area contributed by atoms with E-state index in [1.807, 2.05) is 54.6 Å². The number of nitrogens with one attached hydrogen (secondary N) is 1. The molecule has 2 aromatic rings. The summed E-state index contributed by atoms with van der Waals surface area (Å²) >= 11 is 1.53. The summed E-state index contributed by atoms with van der Waals surface area (Å²) in [7, 11) is 0. The zero-order valence-corrected chi connectivity index (χ0v) is 13.1. The van der Waals surface area contributed by atoms with Gasteiger partial charge in [-0.1, -0.05) is 36.4 Å². The average molecular weight is 313 g/mol. The lowest BCUT2D eigenvalue weighted by atomic mass is 10.2. The van der Waals surface area contributed by atoms with Gasteiger partial charge in [0.2, 0.25) is 5.91 Å². The largest absolute Gasteiger partial charge is 0.489 e. The number of amides is 1. The fraction of sp³-hybridized carbons (Fsp3) is 0.167. The van der Waals surface area contributed by atoms with Gasteiger partial charge in [0.25, 0.3) is 0 Å². The molecule has 0 aliphatic heterocycles. The highest BCUT2D eigenvalue weighted by Crippen LogP contribution is 2.17. The van der Waals surface area contributed by atoms with E-state index in [0.29, 0.717) is 12.4 Å². The molecule has 0 spiro atoms. The first-order chi connectivity index (χ1) is 10.8. The highest BCUT2D eigenvalue weighted by Gasteiger charge is 2.02. The Morgan fingerprint density at radius 3 is 2.55 bits per heavy atom. The van der Waals surface area contributed by atoms with E-state index in [2.05, 4.69) is 11.9 Å². The van der Waals surface area contributed by atoms with E-state index in [0.717, 1.165) is 22.8 Å². The van der Waals surface area contributed by atoms with E-state index in [4.69, 9.17) is 4.74 Å². The molecule has 0 saturated heterocycles. The lowest BCUT2D eigenvalue weighted by molar-refractivity contribution is -0.113. The summed E-state index contributed by atoms with van der Waals surface area (Å²) < 4.78 is 5.70. The molecular weight excluding hydrogens is 294 g/mol. The first-order valence-corrected chi connectivity index (χ1v) is 8.18. The molecule has 0 aromatic heterocycles. The SMILES string of the molecule is C=CCSCC(=O)Nc1ccc(OCc2ccccc2)cc1. The Kier molecular flexibility index (Phi) is 6.58. The summed E-state index contributed by atoms with van der Waals surface area (Å²) in [5, 5.41) is 2.85. The molecule has 1 N–H and O–H groups in total. The topological polar surface area (TPSA) is 38.3 Å². The number of carbonyl (C=O) groups excluding carboxylic acids is 1. The van der Waals surface area contributed by atoms with Crippen LogP contribution in [0.3, 0.4) is 0 Å². The van der Waals surface area contributed by atoms with Gasteiger partial charge >= 0.3 is 0 Å². The number of carbonyl (C=O) groups is 1. The predicted molar refractivity (Wildman–Crippen MR) is 93.4 cm³/mol. The maximum Gasteiger partial charge on any atom is 0.234 e. The van der Waals surface area contributed by atoms with Crippen molar-refractivity contribution >= 4 is 23.4 Å². The van der Waals surface area contributed by atoms with Crippen molar-refractivity contribution < 1.29 is 9.53 Å². The maximum atomic E-state index is 11.7. The fourth-order valence-electron chi connectivity index (χ4n) is 1.81. The van der Waals surface area contributed by atoms with E-state index in [1.165, 1.54) is 11.8 Å². The standard InChI is InChI=1S/C18H19NO2S/c1-2-12-22-14-18(20)19-16-8-10-17(11-9-16)21-13-15-6-4-3-5-7-15/h2-11H,1,12-14H2,(H,19,20). The molecular formula is C18H19NO2S. The average Bonchev–Trinajstić information content (AvgIpc) is 2.55. The Balaban J connectivity index is 1.80. The minimum atomic E-state index is -0.00944. The van der Waals surface area contributed by atoms with Crippen LogP contribution in [0.25, 0.3) is 0 Å². The van der Waals surface area contributed by atoms with Gasteiger partial charge in [-0.2, -0.15) is 0 Å². The smallest absolute Gasteiger partial charge is 0.234 e. The molecule has 0 heterocycles. The zero-order valence-electron chi connectivity index (χ0n) is 12.3. The van der Waals surface area contributed by atoms with Crippen LogP contribution in [0.2, 0.25) is 0 Å². The molecule has 4 heteroatoms. The predicted octanol–water partition coefficient (Wildman–Crippen LogP) is 4.12. The molecule has 0 radical (unpaired) electrons. The molecule has 0 atom stereocenters. The molecule has 0 aliphatic rings. The van der Waals surface area contributed by atoms with Crippen LogP contribution in [0.5, 0.6) is 5.75 Å². The van der Waals surface area contributed by atoms with Gasteiger partial charge < -0.3 is 10.1 Å². The minimum absolute atomic E-state index is 0.00944. The second kappa shape index (κ2) is 8.95. The number of hydrogen-bond acceptors (Lipinski definition) is 3. The lowest BCUT2D eigenvalue weighted by Crippen LogP contribution is -2.14. The van der Waals surface area contributed by atoms with Crippen molar-refractivity contribution in [2.45, 2.75) is 6.61 Å². The minimum Gasteiger partial charge on any atom is -0.489 e. The summed E-state index contributed by atoms with van der Waals surface area (Å²) in [4.78, 5) is 11.7. The maximum absolute atomic E-state index is 11.7. The lowest BCUT2D eigenvalue weighted by Gasteiger charge is -2.08. The summed E-state index contributed by atoms with van der Waals surface area (Å²) in [6.45, 7) is 4.16. The number of ether oxygens (including phenoxy) is 1. The highest BCUT2D eigenvalue weighted by molar-refractivity contribution is 8.00. The molecule has 2 rings (SSSR count). The Morgan fingerprint density at radius 2 is 1.86 bits per heavy atom. The second-order valence-electron chi connectivity index (χ2n) is 4.65. The van der Waals surface area contributed by atoms with Gasteiger partial charge in [0.15, 0.2) is 0 Å². The summed E-state index contributed by atoms with van der Waals surface area (Å²) in [6.07, 6.45) is 1.79. The number of hydrogen-bond donors (Lipinski definition) is 1. The number of rotatable bonds is 8. The molecule has 0 unspecified atom stereocenters. The molecule has 22 heavy (non-hydrogen) atoms. The third kappa shape index (κ3) is 5.66. The van der Waals surface area contributed by atoms with Crippen LogP contribution < -0.4 is 10.1 Å². The monoisotopic (exact) mass is 313 g/mol. The van der Waals surface area contributed by atoms with Crippen molar-refractivity contribution in [2.75, 3.05) is 16.8 Å². The third-order valence-electron chi connectivity index (χ3n) is 2.86. The van der Waals surface area contributed by atoms with E-state index in [1.54, 1.807) is 6.08 Å². The van der Waals surface area contributed by atoms with Crippen LogP contribution in [-0.2, 0) is 11.4 Å². The van der Waals surface area contributed by atoms with Crippen molar-refractivity contribution in [1.29, 1.82) is 0 Å². The van der Waals surface area contributed by atoms with Gasteiger partial charge in [0.05, 0.1) is 5.75 Å². The Labute approximate surface area is 135 Å². The number of anilines is 1. The summed E-state index contributed by atoms with van der Waals surface area (Å²) in [6, 6.07) is 17.4. The Morgan fingerprint density at radius 1 is 1.14 bits per heavy atom. The molecule has 0 fully saturated rings. The van der Waals surface area contributed by atoms with Crippen LogP contribution >= 0.6 is 11.8 Å². The van der Waals surface area contributed by atoms with Crippen molar-refractivity contribution in [3.63, 3.8) is 0 Å². The van der Waals surface area contributed by atoms with Crippen LogP contribution in [-0.4, -0.2) is 17.4 Å². The summed E-state index contributed by atoms with van der Waals surface area (Å²) in [5.74, 6) is 1.98. The van der Waals surface area contributed by atoms with Crippen molar-refractivity contribution in [2.24, 2.45) is 0 Å². The first kappa shape index (κ1) is 16.2. The fourth-order valence-corrected chi connectivity index (χ4v) is 2.35. The Bertz CT molecular complexity index is 596. The molecule has 0 bridgehead atoms. The number of benzene rings is 2. The van der Waals surface area contributed by atoms with Gasteiger partial charge in [-0.3, -0.25) is 4.79 Å². The van der Waals surface area contributed by atoms with E-state index in [-0.39, 0.29) is 5.91 Å². The van der Waals surface area contributed by atoms with Gasteiger partial charge in [-0.05, 0) is 29.8 Å². The van der Waals surface area contributed by atoms with Gasteiger partial charge in [-0.15, -0.1) is 18.3 Å². The second-order valence-corrected chi connectivity index (χ2v) is 5.68. The van der Waals surface area contributed by atoms with Gasteiger partial charge in [-0.25, -0.2) is 0 Å². The number of thioether (sulfide) groups is 1. The van der Waals surface area contributed by atoms with Crippen molar-refractivity contribution in [3.05, 3.63) is 72.8 Å². The molecule has 2 aromatic carbocycles. The Hall–Kier alpha value is -2.20. The van der Waals surface area contributed by atoms with Crippen LogP contribution in [0, 0.1) is 0 Å². The van der Waals surface area contributed by atoms with Crippen LogP contribution in [0.1, 0.15) is 5.56 Å². The molecule has 0 saturated carbocycles. The third-order valence-corrected chi connectivity index (χ3v) is 3.79. The molecule has 0 aliphatic carbocycles. The van der Waals surface area contributed by atoms with E-state index >= 15 is 0 Å². The zero-order chi connectivity index (χ0) is 15.6. The van der Waals surface area contributed by atoms with Crippen LogP contribution in [0.15, 0.2) is 67.3 Å².